The van der Waals surface area contributed by atoms with Crippen molar-refractivity contribution in [3.05, 3.63) is 59.2 Å². The molecule has 2 aromatic rings. The molecule has 0 radical (unpaired) electrons. The van der Waals surface area contributed by atoms with E-state index in [0.29, 0.717) is 23.8 Å². The van der Waals surface area contributed by atoms with Gasteiger partial charge >= 0.3 is 176 Å². The number of carbonyl (C=O) groups excluding carboxylic acids is 1. The van der Waals surface area contributed by atoms with E-state index in [1.54, 1.807) is 26.7 Å². The maximum atomic E-state index is 13.2. The van der Waals surface area contributed by atoms with Crippen LogP contribution in [-0.2, 0) is 6.18 Å². The number of alkyl halides is 5. The Hall–Kier alpha value is -2.98. The fourth-order valence-corrected chi connectivity index (χ4v) is 2.80. The average molecular weight is 441 g/mol. The van der Waals surface area contributed by atoms with Gasteiger partial charge < -0.3 is 0 Å². The second kappa shape index (κ2) is 10.4. The molecule has 0 aliphatic heterocycles. The number of hydrogen-bond acceptors (Lipinski definition) is 4. The number of rotatable bonds is 9. The molecule has 1 aromatic carbocycles. The van der Waals surface area contributed by atoms with Gasteiger partial charge in [0.2, 0.25) is 0 Å². The summed E-state index contributed by atoms with van der Waals surface area (Å²) in [4.78, 5) is 16.4. The minimum absolute atomic E-state index is 0.00133. The average Bonchev–Trinajstić information content (AvgIpc) is 2.71. The summed E-state index contributed by atoms with van der Waals surface area (Å²) in [6.07, 6.45) is -6.06. The zero-order valence-corrected chi connectivity index (χ0v) is 16.9. The second-order valence-electron chi connectivity index (χ2n) is 6.59. The molecule has 0 aliphatic carbocycles. The molecular formula is C20H21BF5N3O2. The Kier molecular flexibility index (Phi) is 8.12. The number of carbonyl (C=O) groups is 1. The van der Waals surface area contributed by atoms with Gasteiger partial charge in [-0.15, -0.1) is 0 Å². The van der Waals surface area contributed by atoms with Crippen molar-refractivity contribution in [3.63, 3.8) is 0 Å². The molecule has 1 unspecified atom stereocenters. The van der Waals surface area contributed by atoms with Crippen LogP contribution in [0.3, 0.4) is 0 Å². The van der Waals surface area contributed by atoms with Crippen LogP contribution in [0.4, 0.5) is 22.0 Å². The molecule has 31 heavy (non-hydrogen) atoms. The Labute approximate surface area is 176 Å². The number of nitrogens with zero attached hydrogens (tertiary/aromatic N) is 1. The van der Waals surface area contributed by atoms with Gasteiger partial charge in [-0.25, -0.2) is 0 Å². The van der Waals surface area contributed by atoms with E-state index >= 15 is 0 Å². The third-order valence-electron chi connectivity index (χ3n) is 4.18. The summed E-state index contributed by atoms with van der Waals surface area (Å²) >= 11 is 0. The van der Waals surface area contributed by atoms with Crippen LogP contribution >= 0.6 is 0 Å². The Morgan fingerprint density at radius 3 is 2.61 bits per heavy atom. The SMILES string of the molecule is C=C(NC(C)c1nccbc1C(=O)NCC)c1cc(OCC(F)F)cc(C(F)(F)F)c1. The molecule has 0 spiro atoms. The van der Waals surface area contributed by atoms with Crippen molar-refractivity contribution in [1.82, 2.24) is 15.6 Å². The quantitative estimate of drug-likeness (QED) is 0.574. The molecule has 166 valence electrons. The molecule has 1 heterocycles. The van der Waals surface area contributed by atoms with E-state index in [1.807, 2.05) is 0 Å². The van der Waals surface area contributed by atoms with Gasteiger partial charge in [-0.3, -0.25) is 0 Å². The number of hydrogen-bond donors (Lipinski definition) is 2. The summed E-state index contributed by atoms with van der Waals surface area (Å²) in [5, 5.41) is 5.58. The van der Waals surface area contributed by atoms with Crippen molar-refractivity contribution in [2.75, 3.05) is 13.2 Å². The standard InChI is InChI=1S/C20H21BF5N3O2/c1-4-27-19(30)17-18(28-6-5-21-17)12(3)29-11(2)13-7-14(20(24,25)26)9-15(8-13)31-10-16(22)23/h5-9,12,16,29H,2,4,10H2,1,3H3,(H,27,30). The van der Waals surface area contributed by atoms with Gasteiger partial charge in [0.1, 0.15) is 0 Å². The predicted octanol–water partition coefficient (Wildman–Crippen LogP) is 4.15. The van der Waals surface area contributed by atoms with E-state index in [0.717, 1.165) is 6.07 Å². The number of nitrogens with one attached hydrogen (secondary N) is 2. The third-order valence-corrected chi connectivity index (χ3v) is 4.18. The van der Waals surface area contributed by atoms with E-state index in [2.05, 4.69) is 22.2 Å². The topological polar surface area (TPSA) is 63.2 Å². The predicted molar refractivity (Wildman–Crippen MR) is 107 cm³/mol. The molecule has 1 aromatic heterocycles. The second-order valence-corrected chi connectivity index (χ2v) is 6.59. The van der Waals surface area contributed by atoms with Gasteiger partial charge in [-0.2, -0.15) is 0 Å². The molecule has 2 N–H and O–H groups in total. The molecule has 2 rings (SSSR count). The van der Waals surface area contributed by atoms with Gasteiger partial charge in [0.15, 0.2) is 0 Å². The molecule has 1 amide bonds. The first-order valence-corrected chi connectivity index (χ1v) is 9.35. The number of aromatic nitrogens is 1. The molecule has 11 heteroatoms. The molecule has 1 atom stereocenters. The zero-order valence-electron chi connectivity index (χ0n) is 16.9. The first-order chi connectivity index (χ1) is 14.5. The van der Waals surface area contributed by atoms with Crippen molar-refractivity contribution in [2.45, 2.75) is 32.5 Å². The van der Waals surface area contributed by atoms with Gasteiger partial charge in [0.05, 0.1) is 0 Å². The van der Waals surface area contributed by atoms with E-state index in [-0.39, 0.29) is 22.9 Å². The van der Waals surface area contributed by atoms with E-state index in [9.17, 15) is 26.7 Å². The summed E-state index contributed by atoms with van der Waals surface area (Å²) in [5.41, 5.74) is -0.307. The summed E-state index contributed by atoms with van der Waals surface area (Å²) in [5.74, 6) is 0.892. The van der Waals surface area contributed by atoms with Crippen LogP contribution in [0.5, 0.6) is 5.75 Å². The van der Waals surface area contributed by atoms with Crippen LogP contribution in [0.25, 0.3) is 5.70 Å². The van der Waals surface area contributed by atoms with Crippen LogP contribution in [0, 0.1) is 0 Å². The number of benzene rings is 1. The monoisotopic (exact) mass is 441 g/mol. The molecule has 0 saturated carbocycles. The van der Waals surface area contributed by atoms with E-state index < -0.39 is 30.8 Å². The molecular weight excluding hydrogens is 420 g/mol. The summed E-state index contributed by atoms with van der Waals surface area (Å²) < 4.78 is 69.3. The Bertz CT molecular complexity index is 937. The van der Waals surface area contributed by atoms with E-state index in [4.69, 9.17) is 4.74 Å². The molecule has 0 aliphatic rings. The first kappa shape index (κ1) is 24.3. The molecule has 0 saturated heterocycles. The van der Waals surface area contributed by atoms with Crippen LogP contribution in [-0.4, -0.2) is 37.4 Å². The number of halogens is 5. The van der Waals surface area contributed by atoms with Gasteiger partial charge in [-0.05, 0) is 0 Å². The molecule has 5 nitrogen and oxygen atoms in total. The van der Waals surface area contributed by atoms with Crippen molar-refractivity contribution in [3.8, 4) is 5.75 Å². The minimum atomic E-state index is -4.71. The number of ether oxygens (including phenoxy) is 1. The summed E-state index contributed by atoms with van der Waals surface area (Å²) in [7, 11) is 0. The van der Waals surface area contributed by atoms with Crippen molar-refractivity contribution in [2.24, 2.45) is 0 Å². The van der Waals surface area contributed by atoms with Crippen molar-refractivity contribution >= 4 is 18.5 Å². The fourth-order valence-electron chi connectivity index (χ4n) is 2.80. The Morgan fingerprint density at radius 2 is 2.00 bits per heavy atom. The Morgan fingerprint density at radius 1 is 1.29 bits per heavy atom. The summed E-state index contributed by atoms with van der Waals surface area (Å²) in [6.45, 7) is 8.13. The fraction of sp³-hybridized carbons (Fsp3) is 0.350. The summed E-state index contributed by atoms with van der Waals surface area (Å²) in [6, 6.07) is 2.07. The third kappa shape index (κ3) is 6.76. The van der Waals surface area contributed by atoms with Crippen molar-refractivity contribution < 1.29 is 31.5 Å². The van der Waals surface area contributed by atoms with Gasteiger partial charge in [-0.1, -0.05) is 0 Å². The zero-order chi connectivity index (χ0) is 23.2. The van der Waals surface area contributed by atoms with Crippen molar-refractivity contribution in [1.29, 1.82) is 0 Å². The van der Waals surface area contributed by atoms with Crippen LogP contribution in [0.1, 0.15) is 47.0 Å². The van der Waals surface area contributed by atoms with Gasteiger partial charge in [0.25, 0.3) is 0 Å². The maximum absolute atomic E-state index is 13.2. The molecule has 0 bridgehead atoms. The Balaban J connectivity index is 2.31. The van der Waals surface area contributed by atoms with Crippen LogP contribution in [0.15, 0.2) is 36.9 Å². The first-order valence-electron chi connectivity index (χ1n) is 9.35. The molecule has 0 fully saturated rings. The van der Waals surface area contributed by atoms with Crippen LogP contribution < -0.4 is 15.4 Å². The van der Waals surface area contributed by atoms with E-state index in [1.165, 1.54) is 12.3 Å². The number of amides is 1. The normalized spacial score (nSPS) is 12.3. The van der Waals surface area contributed by atoms with Crippen LogP contribution in [0.2, 0.25) is 0 Å². The van der Waals surface area contributed by atoms with Gasteiger partial charge in [0, 0.05) is 0 Å².